The molecule has 6 aliphatic carbocycles. The van der Waals surface area contributed by atoms with Gasteiger partial charge in [0, 0.05) is 76.5 Å². The predicted octanol–water partition coefficient (Wildman–Crippen LogP) is 4.72. The van der Waals surface area contributed by atoms with E-state index in [4.69, 9.17) is 14.5 Å². The van der Waals surface area contributed by atoms with Gasteiger partial charge in [0.2, 0.25) is 5.78 Å². The van der Waals surface area contributed by atoms with Crippen LogP contribution in [0.3, 0.4) is 0 Å². The van der Waals surface area contributed by atoms with Crippen molar-refractivity contribution in [1.29, 1.82) is 0 Å². The van der Waals surface area contributed by atoms with E-state index in [2.05, 4.69) is 10.3 Å². The summed E-state index contributed by atoms with van der Waals surface area (Å²) >= 11 is 0. The number of H-pyrrole nitrogens is 1. The zero-order valence-electron chi connectivity index (χ0n) is 37.7. The third-order valence-electron chi connectivity index (χ3n) is 18.3. The van der Waals surface area contributed by atoms with Gasteiger partial charge in [-0.3, -0.25) is 14.4 Å². The van der Waals surface area contributed by atoms with Gasteiger partial charge >= 0.3 is 0 Å². The summed E-state index contributed by atoms with van der Waals surface area (Å²) in [5, 5.41) is 90.3. The quantitative estimate of drug-likeness (QED) is 0.118. The first-order valence-electron chi connectivity index (χ1n) is 24.4. The predicted molar refractivity (Wildman–Crippen MR) is 244 cm³/mol. The normalized spacial score (nSPS) is 35.8. The van der Waals surface area contributed by atoms with Crippen LogP contribution in [0.25, 0.3) is 16.3 Å². The first kappa shape index (κ1) is 42.8. The number of fused-ring (bicyclic) bond motifs is 7. The maximum atomic E-state index is 15.1. The van der Waals surface area contributed by atoms with E-state index in [1.165, 1.54) is 24.4 Å². The van der Waals surface area contributed by atoms with Crippen LogP contribution < -0.4 is 10.1 Å². The summed E-state index contributed by atoms with van der Waals surface area (Å²) in [6.07, 6.45) is 2.58. The first-order valence-corrected chi connectivity index (χ1v) is 24.4. The summed E-state index contributed by atoms with van der Waals surface area (Å²) in [4.78, 5) is 51.5. The van der Waals surface area contributed by atoms with Crippen molar-refractivity contribution in [3.8, 4) is 11.5 Å². The van der Waals surface area contributed by atoms with E-state index in [1.54, 1.807) is 19.1 Å². The summed E-state index contributed by atoms with van der Waals surface area (Å²) in [5.41, 5.74) is -0.845. The number of carbonyl (C=O) groups is 3. The highest BCUT2D eigenvalue weighted by Gasteiger charge is 2.76. The summed E-state index contributed by atoms with van der Waals surface area (Å²) in [5.74, 6) is -4.79. The van der Waals surface area contributed by atoms with Gasteiger partial charge in [0.15, 0.2) is 17.5 Å². The molecule has 10 unspecified atom stereocenters. The van der Waals surface area contributed by atoms with Gasteiger partial charge < -0.3 is 55.5 Å². The van der Waals surface area contributed by atoms with Gasteiger partial charge in [-0.15, -0.1) is 0 Å². The first-order chi connectivity index (χ1) is 32.6. The smallest absolute Gasteiger partial charge is 0.261 e. The Hall–Kier alpha value is -5.26. The number of hydrogen-bond acceptors (Lipinski definition) is 14. The fraction of sp³-hybridized carbons (Fsp3) is 0.509. The highest BCUT2D eigenvalue weighted by atomic mass is 16.7. The van der Waals surface area contributed by atoms with Crippen LogP contribution in [0.15, 0.2) is 53.8 Å². The lowest BCUT2D eigenvalue weighted by atomic mass is 9.51. The van der Waals surface area contributed by atoms with E-state index in [0.29, 0.717) is 77.4 Å². The molecule has 0 amide bonds. The van der Waals surface area contributed by atoms with Crippen LogP contribution in [-0.2, 0) is 16.0 Å². The summed E-state index contributed by atoms with van der Waals surface area (Å²) in [6.45, 7) is 1.33. The van der Waals surface area contributed by atoms with E-state index in [9.17, 15) is 45.3 Å². The van der Waals surface area contributed by atoms with Crippen molar-refractivity contribution in [3.63, 3.8) is 0 Å². The number of benzene rings is 2. The number of pyridine rings is 1. The molecule has 5 spiro atoms. The van der Waals surface area contributed by atoms with Gasteiger partial charge in [0.25, 0.3) is 5.79 Å². The number of phenols is 1. The number of aliphatic hydroxyl groups is 6. The fourth-order valence-electron chi connectivity index (χ4n) is 15.6. The lowest BCUT2D eigenvalue weighted by Crippen LogP contribution is -2.78. The molecule has 68 heavy (non-hydrogen) atoms. The van der Waals surface area contributed by atoms with Crippen molar-refractivity contribution in [3.05, 3.63) is 98.5 Å². The number of hydrogen-bond donors (Lipinski definition) is 9. The summed E-state index contributed by atoms with van der Waals surface area (Å²) < 4.78 is 14.4. The van der Waals surface area contributed by atoms with Crippen molar-refractivity contribution in [1.82, 2.24) is 9.97 Å². The second kappa shape index (κ2) is 14.2. The Morgan fingerprint density at radius 2 is 1.72 bits per heavy atom. The van der Waals surface area contributed by atoms with E-state index < -0.39 is 70.1 Å². The molecule has 4 fully saturated rings. The third kappa shape index (κ3) is 5.27. The molecular formula is C53H55N3O12. The van der Waals surface area contributed by atoms with Gasteiger partial charge in [-0.25, -0.2) is 4.98 Å². The molecule has 4 aliphatic heterocycles. The van der Waals surface area contributed by atoms with Gasteiger partial charge in [-0.1, -0.05) is 24.8 Å². The average Bonchev–Trinajstić information content (AvgIpc) is 4.13. The number of aliphatic hydroxyl groups excluding tert-OH is 6. The number of aryl methyl sites for hydroxylation is 1. The lowest BCUT2D eigenvalue weighted by Gasteiger charge is -2.64. The number of phenolic OH excluding ortho intramolecular Hbond substituents is 1. The van der Waals surface area contributed by atoms with E-state index in [1.807, 2.05) is 6.07 Å². The molecule has 354 valence electrons. The van der Waals surface area contributed by atoms with E-state index in [-0.39, 0.29) is 76.9 Å². The Bertz CT molecular complexity index is 3020. The molecule has 10 atom stereocenters. The molecule has 3 saturated carbocycles. The van der Waals surface area contributed by atoms with Gasteiger partial charge in [-0.2, -0.15) is 0 Å². The fourth-order valence-corrected chi connectivity index (χ4v) is 15.6. The minimum atomic E-state index is -2.49. The number of anilines is 1. The highest BCUT2D eigenvalue weighted by molar-refractivity contribution is 6.34. The Labute approximate surface area is 390 Å². The van der Waals surface area contributed by atoms with Crippen molar-refractivity contribution in [2.24, 2.45) is 16.2 Å². The highest BCUT2D eigenvalue weighted by Crippen LogP contribution is 2.73. The van der Waals surface area contributed by atoms with Crippen LogP contribution in [0.2, 0.25) is 0 Å². The summed E-state index contributed by atoms with van der Waals surface area (Å²) in [6, 6.07) is 7.99. The van der Waals surface area contributed by atoms with Crippen LogP contribution >= 0.6 is 0 Å². The number of ketones is 3. The maximum Gasteiger partial charge on any atom is 0.261 e. The van der Waals surface area contributed by atoms with Crippen molar-refractivity contribution in [2.45, 2.75) is 138 Å². The number of aromatic nitrogens is 2. The Morgan fingerprint density at radius 1 is 0.912 bits per heavy atom. The molecule has 8 bridgehead atoms. The van der Waals surface area contributed by atoms with Gasteiger partial charge in [0.1, 0.15) is 35.3 Å². The standard InChI is InChI=1S/C53H55N3O12/c1-24-15-30-37(34(59)16-24)43(62)39-35-19-28-27(38(39)42(30)61)6-13-54-47(28)55-22-36(60)51-10-4-5-32(51)29-18-25(17-26(58)7-14-57)56-41(29)31-20-52(67-35)45(64)44(63)46(65)53(68-52)40(31)33(51)21-50(48(53)66)12-11-49(23-50)8-2-3-9-49/h6,13,15-16,18-20,32,36,44-46,48,56-57,59-60,63-66H,2-5,7-12,14,17,21-23H2,1H3,(H,54,55). The molecule has 15 nitrogen and oxygen atoms in total. The SMILES string of the molecule is Cc1cc(O)c2c(c1)C(=O)c1c(c3cc4c(nccc14)NCC(O)C14CCCC1c1cc(CC(=O)CCO)[nH]c1C1=CC5(O3)OC3(C1=C4CC1(CCC4(CCCC4)C1)C3O)C(O)C(O)C5O)C2=O. The number of rotatable bonds is 4. The monoisotopic (exact) mass is 925 g/mol. The largest absolute Gasteiger partial charge is 0.507 e. The van der Waals surface area contributed by atoms with Crippen LogP contribution in [0, 0.1) is 23.2 Å². The molecule has 2 aromatic carbocycles. The van der Waals surface area contributed by atoms with Gasteiger partial charge in [0.05, 0.1) is 23.3 Å². The molecule has 15 heteroatoms. The Kier molecular flexibility index (Phi) is 8.93. The molecule has 1 saturated heterocycles. The minimum Gasteiger partial charge on any atom is -0.507 e. The zero-order valence-corrected chi connectivity index (χ0v) is 37.7. The number of aromatic hydroxyl groups is 1. The topological polar surface area (TPSA) is 252 Å². The second-order valence-corrected chi connectivity index (χ2v) is 21.8. The van der Waals surface area contributed by atoms with Crippen molar-refractivity contribution < 1.29 is 59.6 Å². The van der Waals surface area contributed by atoms with Gasteiger partial charge in [-0.05, 0) is 128 Å². The number of ether oxygens (including phenoxy) is 2. The number of nitrogens with zero attached hydrogens (tertiary/aromatic N) is 1. The lowest BCUT2D eigenvalue weighted by molar-refractivity contribution is -0.366. The minimum absolute atomic E-state index is 0.0127. The molecule has 4 aromatic rings. The van der Waals surface area contributed by atoms with Crippen molar-refractivity contribution in [2.75, 3.05) is 18.5 Å². The molecule has 9 N–H and O–H groups in total. The molecule has 0 radical (unpaired) electrons. The third-order valence-corrected chi connectivity index (χ3v) is 18.3. The number of aromatic amines is 1. The zero-order chi connectivity index (χ0) is 47.0. The van der Waals surface area contributed by atoms with Crippen LogP contribution in [-0.4, -0.2) is 118 Å². The van der Waals surface area contributed by atoms with Crippen LogP contribution in [0.4, 0.5) is 5.82 Å². The van der Waals surface area contributed by atoms with E-state index >= 15 is 4.79 Å². The number of Topliss-reactive ketones (excluding diaryl/α,β-unsaturated/α-hetero) is 1. The average molecular weight is 926 g/mol. The molecular weight excluding hydrogens is 871 g/mol. The molecule has 14 rings (SSSR count). The number of nitrogens with one attached hydrogen (secondary N) is 2. The Morgan fingerprint density at radius 3 is 2.51 bits per heavy atom. The molecule has 2 aromatic heterocycles. The van der Waals surface area contributed by atoms with Crippen molar-refractivity contribution >= 4 is 39.5 Å². The van der Waals surface area contributed by atoms with E-state index in [0.717, 1.165) is 43.2 Å². The maximum absolute atomic E-state index is 15.1. The Balaban J connectivity index is 1.14. The number of carbonyl (C=O) groups excluding carboxylic acids is 3. The second-order valence-electron chi connectivity index (χ2n) is 21.8. The molecule has 6 heterocycles. The van der Waals surface area contributed by atoms with Crippen LogP contribution in [0.5, 0.6) is 11.5 Å². The van der Waals surface area contributed by atoms with Crippen LogP contribution in [0.1, 0.15) is 137 Å². The summed E-state index contributed by atoms with van der Waals surface area (Å²) in [7, 11) is 0. The molecule has 10 aliphatic rings.